The maximum Gasteiger partial charge on any atom is 0.220 e. The summed E-state index contributed by atoms with van der Waals surface area (Å²) in [6, 6.07) is 20.0. The molecule has 0 heterocycles. The molecule has 0 spiro atoms. The number of aryl methyl sites for hydroxylation is 2. The monoisotopic (exact) mass is 306 g/mol. The van der Waals surface area contributed by atoms with Gasteiger partial charge in [-0.2, -0.15) is 5.26 Å². The molecule has 3 nitrogen and oxygen atoms in total. The Kier molecular flexibility index (Phi) is 6.38. The summed E-state index contributed by atoms with van der Waals surface area (Å²) < 4.78 is 0. The van der Waals surface area contributed by atoms with Crippen LogP contribution in [0.15, 0.2) is 54.6 Å². The van der Waals surface area contributed by atoms with Crippen LogP contribution in [0, 0.1) is 11.3 Å². The predicted molar refractivity (Wildman–Crippen MR) is 91.8 cm³/mol. The zero-order chi connectivity index (χ0) is 16.5. The number of hydrogen-bond acceptors (Lipinski definition) is 2. The zero-order valence-corrected chi connectivity index (χ0v) is 13.5. The number of benzene rings is 2. The van der Waals surface area contributed by atoms with Crippen molar-refractivity contribution in [2.75, 3.05) is 0 Å². The molecule has 1 N–H and O–H groups in total. The van der Waals surface area contributed by atoms with Crippen LogP contribution in [0.25, 0.3) is 0 Å². The number of carbonyl (C=O) groups is 1. The first-order valence-electron chi connectivity index (χ1n) is 7.99. The van der Waals surface area contributed by atoms with Gasteiger partial charge in [0.25, 0.3) is 0 Å². The minimum Gasteiger partial charge on any atom is -0.354 e. The van der Waals surface area contributed by atoms with Gasteiger partial charge in [-0.15, -0.1) is 0 Å². The summed E-state index contributed by atoms with van der Waals surface area (Å²) >= 11 is 0. The number of nitrogens with one attached hydrogen (secondary N) is 1. The van der Waals surface area contributed by atoms with E-state index in [2.05, 4.69) is 23.5 Å². The van der Waals surface area contributed by atoms with Gasteiger partial charge in [0.05, 0.1) is 11.6 Å². The zero-order valence-electron chi connectivity index (χ0n) is 13.5. The van der Waals surface area contributed by atoms with Crippen LogP contribution in [0.1, 0.15) is 36.5 Å². The van der Waals surface area contributed by atoms with E-state index in [0.29, 0.717) is 18.4 Å². The molecule has 0 aromatic heterocycles. The SMILES string of the molecule is CC(CCc1ccccc1)NC(=O)CCc1ccc(C#N)cc1. The third kappa shape index (κ3) is 5.96. The van der Waals surface area contributed by atoms with Crippen molar-refractivity contribution in [3.63, 3.8) is 0 Å². The van der Waals surface area contributed by atoms with Crippen molar-refractivity contribution in [2.24, 2.45) is 0 Å². The lowest BCUT2D eigenvalue weighted by molar-refractivity contribution is -0.121. The van der Waals surface area contributed by atoms with E-state index in [1.165, 1.54) is 5.56 Å². The fourth-order valence-corrected chi connectivity index (χ4v) is 2.45. The van der Waals surface area contributed by atoms with Crippen LogP contribution in [0.5, 0.6) is 0 Å². The Morgan fingerprint density at radius 1 is 1.04 bits per heavy atom. The van der Waals surface area contributed by atoms with Crippen molar-refractivity contribution in [3.05, 3.63) is 71.3 Å². The molecule has 0 radical (unpaired) electrons. The van der Waals surface area contributed by atoms with Crippen LogP contribution < -0.4 is 5.32 Å². The van der Waals surface area contributed by atoms with Crippen LogP contribution in [0.2, 0.25) is 0 Å². The Bertz CT molecular complexity index is 656. The summed E-state index contributed by atoms with van der Waals surface area (Å²) in [5.41, 5.74) is 3.02. The number of carbonyl (C=O) groups excluding carboxylic acids is 1. The Balaban J connectivity index is 1.70. The minimum absolute atomic E-state index is 0.0786. The van der Waals surface area contributed by atoms with Gasteiger partial charge in [-0.05, 0) is 49.4 Å². The summed E-state index contributed by atoms with van der Waals surface area (Å²) in [5, 5.41) is 11.8. The fourth-order valence-electron chi connectivity index (χ4n) is 2.45. The van der Waals surface area contributed by atoms with Gasteiger partial charge in [-0.1, -0.05) is 42.5 Å². The van der Waals surface area contributed by atoms with Gasteiger partial charge in [0.15, 0.2) is 0 Å². The van der Waals surface area contributed by atoms with Crippen LogP contribution in [-0.4, -0.2) is 11.9 Å². The van der Waals surface area contributed by atoms with E-state index in [1.54, 1.807) is 12.1 Å². The summed E-state index contributed by atoms with van der Waals surface area (Å²) in [4.78, 5) is 12.0. The molecule has 23 heavy (non-hydrogen) atoms. The number of hydrogen-bond donors (Lipinski definition) is 1. The molecule has 1 amide bonds. The molecule has 1 atom stereocenters. The second kappa shape index (κ2) is 8.75. The van der Waals surface area contributed by atoms with Gasteiger partial charge in [0.2, 0.25) is 5.91 Å². The predicted octanol–water partition coefficient (Wildman–Crippen LogP) is 3.63. The molecule has 1 unspecified atom stereocenters. The smallest absolute Gasteiger partial charge is 0.220 e. The highest BCUT2D eigenvalue weighted by Gasteiger charge is 2.08. The maximum absolute atomic E-state index is 12.0. The van der Waals surface area contributed by atoms with E-state index in [1.807, 2.05) is 37.3 Å². The Morgan fingerprint density at radius 3 is 2.35 bits per heavy atom. The molecule has 0 bridgehead atoms. The van der Waals surface area contributed by atoms with Crippen molar-refractivity contribution in [2.45, 2.75) is 38.6 Å². The van der Waals surface area contributed by atoms with Gasteiger partial charge >= 0.3 is 0 Å². The van der Waals surface area contributed by atoms with E-state index in [9.17, 15) is 4.79 Å². The van der Waals surface area contributed by atoms with Crippen LogP contribution in [-0.2, 0) is 17.6 Å². The minimum atomic E-state index is 0.0786. The first kappa shape index (κ1) is 16.8. The normalized spacial score (nSPS) is 11.5. The van der Waals surface area contributed by atoms with Crippen molar-refractivity contribution in [3.8, 4) is 6.07 Å². The second-order valence-electron chi connectivity index (χ2n) is 5.80. The topological polar surface area (TPSA) is 52.9 Å². The lowest BCUT2D eigenvalue weighted by atomic mass is 10.1. The molecule has 2 aromatic carbocycles. The highest BCUT2D eigenvalue weighted by molar-refractivity contribution is 5.76. The molecule has 0 saturated carbocycles. The molecular weight excluding hydrogens is 284 g/mol. The molecule has 0 aliphatic rings. The Morgan fingerprint density at radius 2 is 1.70 bits per heavy atom. The van der Waals surface area contributed by atoms with Crippen LogP contribution >= 0.6 is 0 Å². The van der Waals surface area contributed by atoms with Crippen molar-refractivity contribution in [1.82, 2.24) is 5.32 Å². The standard InChI is InChI=1S/C20H22N2O/c1-16(7-8-17-5-3-2-4-6-17)22-20(23)14-13-18-9-11-19(15-21)12-10-18/h2-6,9-12,16H,7-8,13-14H2,1H3,(H,22,23). The van der Waals surface area contributed by atoms with Crippen LogP contribution in [0.3, 0.4) is 0 Å². The molecule has 3 heteroatoms. The van der Waals surface area contributed by atoms with Crippen molar-refractivity contribution >= 4 is 5.91 Å². The fraction of sp³-hybridized carbons (Fsp3) is 0.300. The number of nitrogens with zero attached hydrogens (tertiary/aromatic N) is 1. The maximum atomic E-state index is 12.0. The Hall–Kier alpha value is -2.60. The largest absolute Gasteiger partial charge is 0.354 e. The van der Waals surface area contributed by atoms with Gasteiger partial charge in [-0.3, -0.25) is 4.79 Å². The van der Waals surface area contributed by atoms with Gasteiger partial charge in [0.1, 0.15) is 0 Å². The first-order valence-corrected chi connectivity index (χ1v) is 7.99. The third-order valence-corrected chi connectivity index (χ3v) is 3.84. The molecule has 0 fully saturated rings. The number of nitriles is 1. The number of amides is 1. The summed E-state index contributed by atoms with van der Waals surface area (Å²) in [5.74, 6) is 0.0786. The first-order chi connectivity index (χ1) is 11.2. The number of rotatable bonds is 7. The van der Waals surface area contributed by atoms with E-state index in [0.717, 1.165) is 18.4 Å². The van der Waals surface area contributed by atoms with Gasteiger partial charge < -0.3 is 5.32 Å². The highest BCUT2D eigenvalue weighted by Crippen LogP contribution is 2.07. The Labute approximate surface area is 138 Å². The highest BCUT2D eigenvalue weighted by atomic mass is 16.1. The van der Waals surface area contributed by atoms with Crippen LogP contribution in [0.4, 0.5) is 0 Å². The third-order valence-electron chi connectivity index (χ3n) is 3.84. The molecule has 2 aromatic rings. The molecule has 0 aliphatic carbocycles. The molecule has 118 valence electrons. The lowest BCUT2D eigenvalue weighted by Gasteiger charge is -2.14. The average molecular weight is 306 g/mol. The average Bonchev–Trinajstić information content (AvgIpc) is 2.59. The van der Waals surface area contributed by atoms with E-state index < -0.39 is 0 Å². The summed E-state index contributed by atoms with van der Waals surface area (Å²) in [7, 11) is 0. The van der Waals surface area contributed by atoms with Crippen molar-refractivity contribution < 1.29 is 4.79 Å². The van der Waals surface area contributed by atoms with E-state index in [4.69, 9.17) is 5.26 Å². The van der Waals surface area contributed by atoms with E-state index in [-0.39, 0.29) is 11.9 Å². The van der Waals surface area contributed by atoms with Gasteiger partial charge in [0, 0.05) is 12.5 Å². The quantitative estimate of drug-likeness (QED) is 0.849. The molecule has 2 rings (SSSR count). The van der Waals surface area contributed by atoms with Crippen molar-refractivity contribution in [1.29, 1.82) is 5.26 Å². The molecular formula is C20H22N2O. The summed E-state index contributed by atoms with van der Waals surface area (Å²) in [6.45, 7) is 2.04. The summed E-state index contributed by atoms with van der Waals surface area (Å²) in [6.07, 6.45) is 3.08. The van der Waals surface area contributed by atoms with E-state index >= 15 is 0 Å². The molecule has 0 aliphatic heterocycles. The molecule has 0 saturated heterocycles. The second-order valence-corrected chi connectivity index (χ2v) is 5.80. The van der Waals surface area contributed by atoms with Gasteiger partial charge in [-0.25, -0.2) is 0 Å². The lowest BCUT2D eigenvalue weighted by Crippen LogP contribution is -2.33.